The predicted octanol–water partition coefficient (Wildman–Crippen LogP) is 3.17. The number of hydrogen-bond acceptors (Lipinski definition) is 8. The summed E-state index contributed by atoms with van der Waals surface area (Å²) in [6.07, 6.45) is 3.28. The van der Waals surface area contributed by atoms with Gasteiger partial charge in [0.25, 0.3) is 0 Å². The lowest BCUT2D eigenvalue weighted by Gasteiger charge is -2.32. The van der Waals surface area contributed by atoms with Crippen LogP contribution in [0.2, 0.25) is 0 Å². The molecule has 180 valence electrons. The number of likely N-dealkylation sites (tertiary alicyclic amines) is 1. The second-order valence-corrected chi connectivity index (χ2v) is 9.05. The zero-order valence-electron chi connectivity index (χ0n) is 18.6. The summed E-state index contributed by atoms with van der Waals surface area (Å²) in [5, 5.41) is 13.7. The van der Waals surface area contributed by atoms with E-state index < -0.39 is 11.0 Å². The second-order valence-electron chi connectivity index (χ2n) is 8.43. The molecular formula is C22H25FN6O4S. The quantitative estimate of drug-likeness (QED) is 0.357. The van der Waals surface area contributed by atoms with Gasteiger partial charge < -0.3 is 20.2 Å². The van der Waals surface area contributed by atoms with Gasteiger partial charge in [-0.25, -0.2) is 14.2 Å². The zero-order valence-corrected chi connectivity index (χ0v) is 19.5. The van der Waals surface area contributed by atoms with E-state index in [0.717, 1.165) is 32.1 Å². The number of nitrogens with zero attached hydrogens (tertiary/aromatic N) is 5. The van der Waals surface area contributed by atoms with Gasteiger partial charge in [-0.05, 0) is 66.4 Å². The summed E-state index contributed by atoms with van der Waals surface area (Å²) in [4.78, 5) is 34.5. The maximum Gasteiger partial charge on any atom is 0.414 e. The molecule has 1 amide bonds. The topological polar surface area (TPSA) is 114 Å². The molecule has 4 rings (SSSR count). The number of piperidine rings is 1. The first-order valence-corrected chi connectivity index (χ1v) is 11.4. The monoisotopic (exact) mass is 488 g/mol. The van der Waals surface area contributed by atoms with Crippen LogP contribution in [0.3, 0.4) is 0 Å². The fourth-order valence-corrected chi connectivity index (χ4v) is 4.35. The smallest absolute Gasteiger partial charge is 0.414 e. The highest BCUT2D eigenvalue weighted by Gasteiger charge is 2.33. The van der Waals surface area contributed by atoms with E-state index in [1.54, 1.807) is 19.1 Å². The Kier molecular flexibility index (Phi) is 7.27. The SMILES string of the molecule is CC(=S)NCC1CN(c2ccc(C3CCN(Cc4cnc([N+](=O)[O-])cn4)CC3)c(F)c2)C(=O)O1. The van der Waals surface area contributed by atoms with E-state index in [2.05, 4.69) is 20.2 Å². The van der Waals surface area contributed by atoms with Gasteiger partial charge in [-0.3, -0.25) is 9.80 Å². The Hall–Kier alpha value is -3.25. The summed E-state index contributed by atoms with van der Waals surface area (Å²) in [6, 6.07) is 4.92. The molecule has 0 spiro atoms. The number of carbonyl (C=O) groups is 1. The summed E-state index contributed by atoms with van der Waals surface area (Å²) in [7, 11) is 0. The Balaban J connectivity index is 1.33. The van der Waals surface area contributed by atoms with Gasteiger partial charge in [0.2, 0.25) is 0 Å². The summed E-state index contributed by atoms with van der Waals surface area (Å²) in [5.41, 5.74) is 1.77. The fourth-order valence-electron chi connectivity index (χ4n) is 4.27. The van der Waals surface area contributed by atoms with Crippen LogP contribution in [-0.2, 0) is 11.3 Å². The number of hydrogen-bond donors (Lipinski definition) is 1. The third-order valence-corrected chi connectivity index (χ3v) is 6.18. The number of thiocarbonyl (C=S) groups is 1. The number of rotatable bonds is 7. The van der Waals surface area contributed by atoms with Gasteiger partial charge in [-0.1, -0.05) is 18.3 Å². The van der Waals surface area contributed by atoms with Crippen LogP contribution in [0.5, 0.6) is 0 Å². The van der Waals surface area contributed by atoms with E-state index >= 15 is 4.39 Å². The summed E-state index contributed by atoms with van der Waals surface area (Å²) in [6.45, 7) is 4.54. The van der Waals surface area contributed by atoms with Crippen molar-refractivity contribution in [3.63, 3.8) is 0 Å². The predicted molar refractivity (Wildman–Crippen MR) is 126 cm³/mol. The fraction of sp³-hybridized carbons (Fsp3) is 0.455. The van der Waals surface area contributed by atoms with Crippen molar-refractivity contribution in [1.29, 1.82) is 0 Å². The molecule has 34 heavy (non-hydrogen) atoms. The molecule has 2 fully saturated rings. The highest BCUT2D eigenvalue weighted by Crippen LogP contribution is 2.33. The number of nitro groups is 1. The Morgan fingerprint density at radius 3 is 2.71 bits per heavy atom. The first-order valence-electron chi connectivity index (χ1n) is 11.0. The van der Waals surface area contributed by atoms with E-state index in [-0.39, 0.29) is 23.7 Å². The van der Waals surface area contributed by atoms with Gasteiger partial charge in [0, 0.05) is 6.54 Å². The first-order chi connectivity index (χ1) is 16.3. The number of anilines is 1. The molecule has 0 aliphatic carbocycles. The van der Waals surface area contributed by atoms with Gasteiger partial charge >= 0.3 is 11.9 Å². The van der Waals surface area contributed by atoms with Crippen molar-refractivity contribution >= 4 is 34.8 Å². The van der Waals surface area contributed by atoms with E-state index in [0.29, 0.717) is 41.6 Å². The van der Waals surface area contributed by atoms with Crippen molar-refractivity contribution in [1.82, 2.24) is 20.2 Å². The van der Waals surface area contributed by atoms with Crippen molar-refractivity contribution in [2.24, 2.45) is 0 Å². The Morgan fingerprint density at radius 2 is 2.09 bits per heavy atom. The lowest BCUT2D eigenvalue weighted by atomic mass is 9.89. The number of carbonyl (C=O) groups excluding carboxylic acids is 1. The van der Waals surface area contributed by atoms with Gasteiger partial charge in [0.05, 0.1) is 29.5 Å². The van der Waals surface area contributed by atoms with E-state index in [9.17, 15) is 14.9 Å². The zero-order chi connectivity index (χ0) is 24.2. The summed E-state index contributed by atoms with van der Waals surface area (Å²) < 4.78 is 20.4. The van der Waals surface area contributed by atoms with Crippen LogP contribution in [-0.4, -0.2) is 63.2 Å². The second kappa shape index (κ2) is 10.3. The molecule has 0 bridgehead atoms. The van der Waals surface area contributed by atoms with Crippen LogP contribution in [0.25, 0.3) is 0 Å². The average molecular weight is 489 g/mol. The number of nitrogens with one attached hydrogen (secondary N) is 1. The minimum absolute atomic E-state index is 0.0706. The van der Waals surface area contributed by atoms with Crippen molar-refractivity contribution in [2.45, 2.75) is 38.3 Å². The molecule has 1 unspecified atom stereocenters. The normalized spacial score (nSPS) is 19.2. The number of ether oxygens (including phenoxy) is 1. The third kappa shape index (κ3) is 5.62. The average Bonchev–Trinajstić information content (AvgIpc) is 3.19. The van der Waals surface area contributed by atoms with Crippen molar-refractivity contribution < 1.29 is 18.8 Å². The molecule has 3 heterocycles. The number of benzene rings is 1. The van der Waals surface area contributed by atoms with Gasteiger partial charge in [-0.2, -0.15) is 0 Å². The largest absolute Gasteiger partial charge is 0.442 e. The van der Waals surface area contributed by atoms with Crippen molar-refractivity contribution in [3.8, 4) is 0 Å². The molecule has 2 aromatic rings. The van der Waals surface area contributed by atoms with Gasteiger partial charge in [-0.15, -0.1) is 0 Å². The van der Waals surface area contributed by atoms with Crippen LogP contribution in [0, 0.1) is 15.9 Å². The Morgan fingerprint density at radius 1 is 1.32 bits per heavy atom. The molecule has 1 atom stereocenters. The van der Waals surface area contributed by atoms with E-state index in [4.69, 9.17) is 17.0 Å². The molecule has 2 saturated heterocycles. The van der Waals surface area contributed by atoms with E-state index in [1.807, 2.05) is 0 Å². The Labute approximate surface area is 201 Å². The Bertz CT molecular complexity index is 1080. The maximum absolute atomic E-state index is 15.0. The van der Waals surface area contributed by atoms with Crippen molar-refractivity contribution in [2.75, 3.05) is 31.1 Å². The van der Waals surface area contributed by atoms with Crippen LogP contribution in [0.1, 0.15) is 36.9 Å². The molecule has 0 radical (unpaired) electrons. The summed E-state index contributed by atoms with van der Waals surface area (Å²) in [5.74, 6) is -0.539. The van der Waals surface area contributed by atoms with Gasteiger partial charge in [0.15, 0.2) is 6.20 Å². The number of aromatic nitrogens is 2. The first kappa shape index (κ1) is 23.9. The molecule has 12 heteroatoms. The summed E-state index contributed by atoms with van der Waals surface area (Å²) >= 11 is 4.98. The van der Waals surface area contributed by atoms with E-state index in [1.165, 1.54) is 17.2 Å². The third-order valence-electron chi connectivity index (χ3n) is 6.04. The molecule has 1 aromatic carbocycles. The number of amides is 1. The highest BCUT2D eigenvalue weighted by atomic mass is 32.1. The highest BCUT2D eigenvalue weighted by molar-refractivity contribution is 7.80. The molecule has 2 aliphatic rings. The van der Waals surface area contributed by atoms with Gasteiger partial charge in [0.1, 0.15) is 18.1 Å². The van der Waals surface area contributed by atoms with Crippen LogP contribution >= 0.6 is 12.2 Å². The lowest BCUT2D eigenvalue weighted by Crippen LogP contribution is -2.33. The molecule has 0 saturated carbocycles. The minimum atomic E-state index is -0.577. The van der Waals surface area contributed by atoms with Crippen LogP contribution in [0.15, 0.2) is 30.6 Å². The van der Waals surface area contributed by atoms with Crippen molar-refractivity contribution in [3.05, 3.63) is 57.8 Å². The number of cyclic esters (lactones) is 1. The molecule has 10 nitrogen and oxygen atoms in total. The number of halogens is 1. The van der Waals surface area contributed by atoms with Crippen LogP contribution in [0.4, 0.5) is 20.7 Å². The molecular weight excluding hydrogens is 463 g/mol. The maximum atomic E-state index is 15.0. The molecule has 1 aromatic heterocycles. The minimum Gasteiger partial charge on any atom is -0.442 e. The standard InChI is InChI=1S/C22H25FN6O4S/c1-14(34)24-10-18-13-28(22(30)33-18)17-2-3-19(20(23)8-17)15-4-6-27(7-5-15)12-16-9-26-21(11-25-16)29(31)32/h2-3,8-9,11,15,18H,4-7,10,12-13H2,1H3,(H,24,34). The molecule has 2 aliphatic heterocycles. The lowest BCUT2D eigenvalue weighted by molar-refractivity contribution is -0.389. The van der Waals surface area contributed by atoms with Crippen LogP contribution < -0.4 is 10.2 Å². The molecule has 1 N–H and O–H groups in total.